The lowest BCUT2D eigenvalue weighted by Crippen LogP contribution is -2.43. The first kappa shape index (κ1) is 22.3. The third kappa shape index (κ3) is 6.55. The van der Waals surface area contributed by atoms with Crippen molar-refractivity contribution < 1.29 is 32.6 Å². The molecule has 0 heterocycles. The SMILES string of the molecule is CC(C)(C)OC(=O)[C@@H](C(=O)O)C(C)(C)SCc1ccc(C(F)(F)F)cc1. The molecule has 0 amide bonds. The monoisotopic (exact) mass is 392 g/mol. The first-order valence-corrected chi connectivity index (χ1v) is 8.88. The van der Waals surface area contributed by atoms with E-state index in [1.54, 1.807) is 34.6 Å². The van der Waals surface area contributed by atoms with Crippen LogP contribution in [0.2, 0.25) is 0 Å². The summed E-state index contributed by atoms with van der Waals surface area (Å²) in [7, 11) is 0. The number of thioether (sulfide) groups is 1. The lowest BCUT2D eigenvalue weighted by atomic mass is 9.94. The van der Waals surface area contributed by atoms with E-state index in [2.05, 4.69) is 0 Å². The van der Waals surface area contributed by atoms with Crippen molar-refractivity contribution in [1.29, 1.82) is 0 Å². The van der Waals surface area contributed by atoms with Crippen LogP contribution in [0.25, 0.3) is 0 Å². The van der Waals surface area contributed by atoms with Crippen molar-refractivity contribution in [3.63, 3.8) is 0 Å². The fraction of sp³-hybridized carbons (Fsp3) is 0.556. The zero-order valence-corrected chi connectivity index (χ0v) is 16.1. The molecule has 1 atom stereocenters. The van der Waals surface area contributed by atoms with Gasteiger partial charge in [0.05, 0.1) is 5.56 Å². The van der Waals surface area contributed by atoms with Crippen LogP contribution in [0.15, 0.2) is 24.3 Å². The van der Waals surface area contributed by atoms with E-state index in [0.717, 1.165) is 12.1 Å². The number of hydrogen-bond acceptors (Lipinski definition) is 4. The standard InChI is InChI=1S/C18H23F3O4S/c1-16(2,3)25-15(24)13(14(22)23)17(4,5)26-10-11-6-8-12(9-7-11)18(19,20)21/h6-9,13H,10H2,1-5H3,(H,22,23)/t13-/m1/s1. The van der Waals surface area contributed by atoms with E-state index in [1.165, 1.54) is 23.9 Å². The number of carbonyl (C=O) groups is 2. The summed E-state index contributed by atoms with van der Waals surface area (Å²) >= 11 is 1.17. The van der Waals surface area contributed by atoms with Crippen LogP contribution in [-0.4, -0.2) is 27.4 Å². The second-order valence-corrected chi connectivity index (χ2v) is 9.02. The largest absolute Gasteiger partial charge is 0.481 e. The van der Waals surface area contributed by atoms with Crippen molar-refractivity contribution in [2.24, 2.45) is 5.92 Å². The van der Waals surface area contributed by atoms with Gasteiger partial charge in [-0.25, -0.2) is 0 Å². The molecule has 0 aliphatic carbocycles. The van der Waals surface area contributed by atoms with Crippen LogP contribution in [0.3, 0.4) is 0 Å². The van der Waals surface area contributed by atoms with Crippen molar-refractivity contribution in [2.75, 3.05) is 0 Å². The number of aliphatic carboxylic acids is 1. The summed E-state index contributed by atoms with van der Waals surface area (Å²) in [6.45, 7) is 8.14. The van der Waals surface area contributed by atoms with Crippen molar-refractivity contribution in [3.05, 3.63) is 35.4 Å². The number of carboxylic acids is 1. The first-order valence-electron chi connectivity index (χ1n) is 7.89. The third-order valence-corrected chi connectivity index (χ3v) is 4.93. The predicted octanol–water partition coefficient (Wildman–Crippen LogP) is 4.76. The van der Waals surface area contributed by atoms with Gasteiger partial charge in [0.25, 0.3) is 0 Å². The molecule has 0 saturated carbocycles. The molecule has 0 aromatic heterocycles. The lowest BCUT2D eigenvalue weighted by Gasteiger charge is -2.31. The summed E-state index contributed by atoms with van der Waals surface area (Å²) in [6.07, 6.45) is -4.41. The zero-order valence-electron chi connectivity index (χ0n) is 15.3. The number of alkyl halides is 3. The minimum absolute atomic E-state index is 0.262. The molecule has 0 unspecified atom stereocenters. The lowest BCUT2D eigenvalue weighted by molar-refractivity contribution is -0.168. The number of halogens is 3. The van der Waals surface area contributed by atoms with E-state index in [1.807, 2.05) is 0 Å². The minimum Gasteiger partial charge on any atom is -0.481 e. The summed E-state index contributed by atoms with van der Waals surface area (Å²) in [5.74, 6) is -3.28. The number of carboxylic acid groups (broad SMARTS) is 1. The second kappa shape index (κ2) is 7.90. The molecule has 0 radical (unpaired) electrons. The molecule has 1 rings (SSSR count). The second-order valence-electron chi connectivity index (χ2n) is 7.39. The molecular formula is C18H23F3O4S. The molecule has 0 fully saturated rings. The van der Waals surface area contributed by atoms with E-state index in [0.29, 0.717) is 5.56 Å². The number of benzene rings is 1. The van der Waals surface area contributed by atoms with Crippen LogP contribution in [0.5, 0.6) is 0 Å². The topological polar surface area (TPSA) is 63.6 Å². The highest BCUT2D eigenvalue weighted by Gasteiger charge is 2.44. The Labute approximate surface area is 155 Å². The van der Waals surface area contributed by atoms with Crippen LogP contribution in [-0.2, 0) is 26.3 Å². The fourth-order valence-electron chi connectivity index (χ4n) is 2.19. The summed E-state index contributed by atoms with van der Waals surface area (Å²) in [5, 5.41) is 9.46. The number of rotatable bonds is 6. The van der Waals surface area contributed by atoms with Crippen molar-refractivity contribution in [1.82, 2.24) is 0 Å². The Hall–Kier alpha value is -1.70. The molecule has 1 aromatic carbocycles. The molecule has 4 nitrogen and oxygen atoms in total. The minimum atomic E-state index is -4.41. The molecule has 1 N–H and O–H groups in total. The van der Waals surface area contributed by atoms with Gasteiger partial charge in [0.15, 0.2) is 5.92 Å². The van der Waals surface area contributed by atoms with E-state index in [-0.39, 0.29) is 5.75 Å². The van der Waals surface area contributed by atoms with Crippen molar-refractivity contribution in [2.45, 2.75) is 56.9 Å². The Morgan fingerprint density at radius 3 is 1.96 bits per heavy atom. The highest BCUT2D eigenvalue weighted by molar-refractivity contribution is 7.99. The van der Waals surface area contributed by atoms with Crippen LogP contribution in [0.4, 0.5) is 13.2 Å². The van der Waals surface area contributed by atoms with Gasteiger partial charge in [0, 0.05) is 10.5 Å². The van der Waals surface area contributed by atoms with Crippen LogP contribution in [0.1, 0.15) is 45.7 Å². The highest BCUT2D eigenvalue weighted by atomic mass is 32.2. The number of ether oxygens (including phenoxy) is 1. The molecule has 146 valence electrons. The highest BCUT2D eigenvalue weighted by Crippen LogP contribution is 2.37. The molecular weight excluding hydrogens is 369 g/mol. The summed E-state index contributed by atoms with van der Waals surface area (Å²) in [6, 6.07) is 4.64. The summed E-state index contributed by atoms with van der Waals surface area (Å²) in [4.78, 5) is 23.9. The zero-order chi connectivity index (χ0) is 20.3. The normalized spacial score (nSPS) is 14.0. The van der Waals surface area contributed by atoms with Gasteiger partial charge in [-0.05, 0) is 52.3 Å². The van der Waals surface area contributed by atoms with Gasteiger partial charge in [-0.1, -0.05) is 12.1 Å². The van der Waals surface area contributed by atoms with Crippen molar-refractivity contribution in [3.8, 4) is 0 Å². The Bertz CT molecular complexity index is 646. The summed E-state index contributed by atoms with van der Waals surface area (Å²) in [5.41, 5.74) is -0.967. The van der Waals surface area contributed by atoms with E-state index in [4.69, 9.17) is 4.74 Å². The van der Waals surface area contributed by atoms with Gasteiger partial charge in [-0.3, -0.25) is 9.59 Å². The van der Waals surface area contributed by atoms with E-state index in [9.17, 15) is 27.9 Å². The van der Waals surface area contributed by atoms with Gasteiger partial charge in [-0.2, -0.15) is 13.2 Å². The number of carbonyl (C=O) groups excluding carboxylic acids is 1. The van der Waals surface area contributed by atoms with Crippen LogP contribution < -0.4 is 0 Å². The molecule has 0 aliphatic rings. The summed E-state index contributed by atoms with van der Waals surface area (Å²) < 4.78 is 42.0. The fourth-order valence-corrected chi connectivity index (χ4v) is 3.28. The molecule has 0 aliphatic heterocycles. The predicted molar refractivity (Wildman–Crippen MR) is 93.8 cm³/mol. The molecule has 1 aromatic rings. The quantitative estimate of drug-likeness (QED) is 0.559. The number of hydrogen-bond donors (Lipinski definition) is 1. The Morgan fingerprint density at radius 1 is 1.08 bits per heavy atom. The maximum atomic E-state index is 12.6. The Balaban J connectivity index is 2.87. The molecule has 0 saturated heterocycles. The molecule has 0 bridgehead atoms. The Morgan fingerprint density at radius 2 is 1.58 bits per heavy atom. The third-order valence-electron chi connectivity index (χ3n) is 3.48. The van der Waals surface area contributed by atoms with Gasteiger partial charge in [0.1, 0.15) is 5.60 Å². The smallest absolute Gasteiger partial charge is 0.416 e. The molecule has 8 heteroatoms. The van der Waals surface area contributed by atoms with E-state index < -0.39 is 39.9 Å². The van der Waals surface area contributed by atoms with Crippen LogP contribution in [0, 0.1) is 5.92 Å². The molecule has 26 heavy (non-hydrogen) atoms. The average molecular weight is 392 g/mol. The first-order chi connectivity index (χ1) is 11.6. The van der Waals surface area contributed by atoms with Crippen LogP contribution >= 0.6 is 11.8 Å². The van der Waals surface area contributed by atoms with Gasteiger partial charge in [-0.15, -0.1) is 11.8 Å². The maximum absolute atomic E-state index is 12.6. The average Bonchev–Trinajstić information content (AvgIpc) is 2.42. The molecule has 0 spiro atoms. The maximum Gasteiger partial charge on any atom is 0.416 e. The van der Waals surface area contributed by atoms with Gasteiger partial charge >= 0.3 is 18.1 Å². The Kier molecular flexibility index (Phi) is 6.79. The van der Waals surface area contributed by atoms with E-state index >= 15 is 0 Å². The van der Waals surface area contributed by atoms with Gasteiger partial charge < -0.3 is 9.84 Å². The van der Waals surface area contributed by atoms with Gasteiger partial charge in [0.2, 0.25) is 0 Å². The van der Waals surface area contributed by atoms with Crippen molar-refractivity contribution >= 4 is 23.7 Å². The number of esters is 1.